The lowest BCUT2D eigenvalue weighted by atomic mass is 10.1. The molecule has 3 N–H and O–H groups in total. The van der Waals surface area contributed by atoms with Gasteiger partial charge in [0.1, 0.15) is 11.5 Å². The Bertz CT molecular complexity index is 361. The number of esters is 1. The van der Waals surface area contributed by atoms with Crippen molar-refractivity contribution in [3.63, 3.8) is 0 Å². The van der Waals surface area contributed by atoms with Crippen molar-refractivity contribution in [2.24, 2.45) is 0 Å². The van der Waals surface area contributed by atoms with E-state index in [0.29, 0.717) is 0 Å². The molecule has 0 aliphatic heterocycles. The highest BCUT2D eigenvalue weighted by atomic mass is 16.5. The second kappa shape index (κ2) is 4.65. The highest BCUT2D eigenvalue weighted by Gasteiger charge is 2.17. The van der Waals surface area contributed by atoms with Gasteiger partial charge in [-0.15, -0.1) is 0 Å². The molecule has 0 saturated carbocycles. The van der Waals surface area contributed by atoms with Crippen LogP contribution < -0.4 is 0 Å². The van der Waals surface area contributed by atoms with Gasteiger partial charge in [-0.2, -0.15) is 0 Å². The fraction of sp³-hybridized carbons (Fsp3) is 0.300. The first-order valence-electron chi connectivity index (χ1n) is 4.31. The highest BCUT2D eigenvalue weighted by molar-refractivity contribution is 5.74. The van der Waals surface area contributed by atoms with Crippen molar-refractivity contribution in [1.29, 1.82) is 0 Å². The largest absolute Gasteiger partial charge is 0.508 e. The van der Waals surface area contributed by atoms with Gasteiger partial charge in [0.25, 0.3) is 0 Å². The number of benzene rings is 1. The van der Waals surface area contributed by atoms with Gasteiger partial charge in [-0.3, -0.25) is 0 Å². The quantitative estimate of drug-likeness (QED) is 0.491. The van der Waals surface area contributed by atoms with Crippen LogP contribution in [0.5, 0.6) is 11.5 Å². The molecule has 5 heteroatoms. The van der Waals surface area contributed by atoms with E-state index in [1.165, 1.54) is 18.2 Å². The van der Waals surface area contributed by atoms with E-state index >= 15 is 0 Å². The van der Waals surface area contributed by atoms with Crippen molar-refractivity contribution < 1.29 is 24.9 Å². The molecule has 0 saturated heterocycles. The Kier molecular flexibility index (Phi) is 3.51. The molecular weight excluding hydrogens is 200 g/mol. The summed E-state index contributed by atoms with van der Waals surface area (Å²) >= 11 is 0. The van der Waals surface area contributed by atoms with Crippen molar-refractivity contribution in [3.05, 3.63) is 23.8 Å². The Balaban J connectivity index is 2.80. The van der Waals surface area contributed by atoms with Crippen LogP contribution in [0.15, 0.2) is 18.2 Å². The predicted octanol–water partition coefficient (Wildman–Crippen LogP) is 0.174. The van der Waals surface area contributed by atoms with Crippen LogP contribution in [0.25, 0.3) is 0 Å². The molecule has 15 heavy (non-hydrogen) atoms. The number of ether oxygens (including phenoxy) is 1. The van der Waals surface area contributed by atoms with E-state index in [-0.39, 0.29) is 23.5 Å². The van der Waals surface area contributed by atoms with Crippen LogP contribution in [-0.4, -0.2) is 34.5 Å². The molecule has 1 aromatic rings. The predicted molar refractivity (Wildman–Crippen MR) is 51.5 cm³/mol. The van der Waals surface area contributed by atoms with Crippen LogP contribution in [0, 0.1) is 0 Å². The maximum absolute atomic E-state index is 10.9. The summed E-state index contributed by atoms with van der Waals surface area (Å²) in [5.41, 5.74) is 0.285. The summed E-state index contributed by atoms with van der Waals surface area (Å²) < 4.78 is 4.32. The molecule has 0 aromatic heterocycles. The Morgan fingerprint density at radius 3 is 2.73 bits per heavy atom. The van der Waals surface area contributed by atoms with Crippen molar-refractivity contribution in [2.45, 2.75) is 12.5 Å². The average molecular weight is 212 g/mol. The number of carbonyl (C=O) groups excluding carboxylic acids is 1. The number of phenols is 2. The minimum absolute atomic E-state index is 0.0418. The molecule has 0 aliphatic carbocycles. The molecule has 0 radical (unpaired) electrons. The van der Waals surface area contributed by atoms with Gasteiger partial charge < -0.3 is 20.1 Å². The van der Waals surface area contributed by atoms with E-state index < -0.39 is 12.1 Å². The van der Waals surface area contributed by atoms with E-state index in [4.69, 9.17) is 5.11 Å². The summed E-state index contributed by atoms with van der Waals surface area (Å²) in [6.45, 7) is 0. The number of phenolic OH excluding ortho intramolecular Hbond substituents is 2. The van der Waals surface area contributed by atoms with Gasteiger partial charge in [-0.1, -0.05) is 0 Å². The molecule has 1 aromatic carbocycles. The molecule has 0 fully saturated rings. The van der Waals surface area contributed by atoms with Crippen LogP contribution >= 0.6 is 0 Å². The topological polar surface area (TPSA) is 87.0 Å². The number of aromatic hydroxyl groups is 2. The summed E-state index contributed by atoms with van der Waals surface area (Å²) in [6.07, 6.45) is -1.45. The molecule has 0 aliphatic rings. The van der Waals surface area contributed by atoms with Crippen molar-refractivity contribution >= 4 is 5.97 Å². The Morgan fingerprint density at radius 2 is 2.13 bits per heavy atom. The lowest BCUT2D eigenvalue weighted by Gasteiger charge is -2.09. The fourth-order valence-corrected chi connectivity index (χ4v) is 1.16. The molecule has 1 unspecified atom stereocenters. The Labute approximate surface area is 86.5 Å². The van der Waals surface area contributed by atoms with Gasteiger partial charge in [0.2, 0.25) is 0 Å². The Hall–Kier alpha value is -1.75. The summed E-state index contributed by atoms with van der Waals surface area (Å²) in [5.74, 6) is -0.909. The normalized spacial score (nSPS) is 12.1. The van der Waals surface area contributed by atoms with Crippen LogP contribution in [0.2, 0.25) is 0 Å². The first-order chi connectivity index (χ1) is 7.04. The number of hydrogen-bond donors (Lipinski definition) is 3. The number of rotatable bonds is 3. The van der Waals surface area contributed by atoms with Crippen molar-refractivity contribution in [2.75, 3.05) is 7.11 Å². The molecule has 5 nitrogen and oxygen atoms in total. The maximum Gasteiger partial charge on any atom is 0.335 e. The summed E-state index contributed by atoms with van der Waals surface area (Å²) in [6, 6.07) is 3.87. The second-order valence-electron chi connectivity index (χ2n) is 3.06. The maximum atomic E-state index is 10.9. The third-order valence-corrected chi connectivity index (χ3v) is 1.95. The van der Waals surface area contributed by atoms with Crippen LogP contribution in [0.4, 0.5) is 0 Å². The third-order valence-electron chi connectivity index (χ3n) is 1.95. The Morgan fingerprint density at radius 1 is 1.47 bits per heavy atom. The lowest BCUT2D eigenvalue weighted by Crippen LogP contribution is -2.24. The van der Waals surface area contributed by atoms with E-state index in [0.717, 1.165) is 7.11 Å². The first-order valence-corrected chi connectivity index (χ1v) is 4.31. The van der Waals surface area contributed by atoms with Gasteiger partial charge in [0.05, 0.1) is 7.11 Å². The standard InChI is InChI=1S/C10H12O5/c1-15-10(14)9(13)5-6-4-7(11)2-3-8(6)12/h2-4,9,11-13H,5H2,1H3. The average Bonchev–Trinajstić information content (AvgIpc) is 2.22. The van der Waals surface area contributed by atoms with Crippen molar-refractivity contribution in [1.82, 2.24) is 0 Å². The van der Waals surface area contributed by atoms with Gasteiger partial charge in [0.15, 0.2) is 6.10 Å². The molecule has 82 valence electrons. The zero-order chi connectivity index (χ0) is 11.4. The molecular formula is C10H12O5. The summed E-state index contributed by atoms with van der Waals surface area (Å²) in [7, 11) is 1.16. The molecule has 1 atom stereocenters. The smallest absolute Gasteiger partial charge is 0.335 e. The first kappa shape index (κ1) is 11.3. The third kappa shape index (κ3) is 2.85. The SMILES string of the molecule is COC(=O)C(O)Cc1cc(O)ccc1O. The fourth-order valence-electron chi connectivity index (χ4n) is 1.16. The van der Waals surface area contributed by atoms with E-state index in [1.807, 2.05) is 0 Å². The lowest BCUT2D eigenvalue weighted by molar-refractivity contribution is -0.150. The van der Waals surface area contributed by atoms with Crippen LogP contribution in [0.3, 0.4) is 0 Å². The van der Waals surface area contributed by atoms with Crippen molar-refractivity contribution in [3.8, 4) is 11.5 Å². The van der Waals surface area contributed by atoms with Gasteiger partial charge in [-0.05, 0) is 18.2 Å². The summed E-state index contributed by atoms with van der Waals surface area (Å²) in [4.78, 5) is 10.9. The van der Waals surface area contributed by atoms with E-state index in [2.05, 4.69) is 4.74 Å². The highest BCUT2D eigenvalue weighted by Crippen LogP contribution is 2.23. The molecule has 1 rings (SSSR count). The van der Waals surface area contributed by atoms with Gasteiger partial charge >= 0.3 is 5.97 Å². The monoisotopic (exact) mass is 212 g/mol. The van der Waals surface area contributed by atoms with Crippen LogP contribution in [-0.2, 0) is 16.0 Å². The zero-order valence-corrected chi connectivity index (χ0v) is 8.17. The van der Waals surface area contributed by atoms with E-state index in [1.54, 1.807) is 0 Å². The zero-order valence-electron chi connectivity index (χ0n) is 8.17. The number of aliphatic hydroxyl groups is 1. The minimum Gasteiger partial charge on any atom is -0.508 e. The molecule has 0 amide bonds. The van der Waals surface area contributed by atoms with Gasteiger partial charge in [0, 0.05) is 12.0 Å². The second-order valence-corrected chi connectivity index (χ2v) is 3.06. The number of methoxy groups -OCH3 is 1. The molecule has 0 heterocycles. The summed E-state index contributed by atoms with van der Waals surface area (Å²) in [5, 5.41) is 27.8. The van der Waals surface area contributed by atoms with Gasteiger partial charge in [-0.25, -0.2) is 4.79 Å². The van der Waals surface area contributed by atoms with Crippen LogP contribution in [0.1, 0.15) is 5.56 Å². The van der Waals surface area contributed by atoms with E-state index in [9.17, 15) is 15.0 Å². The number of hydrogen-bond acceptors (Lipinski definition) is 5. The number of carbonyl (C=O) groups is 1. The number of aliphatic hydroxyl groups excluding tert-OH is 1. The molecule has 0 spiro atoms. The minimum atomic E-state index is -1.34. The molecule has 0 bridgehead atoms.